The number of nitrogens with two attached hydrogens (primary N) is 1. The summed E-state index contributed by atoms with van der Waals surface area (Å²) in [5.74, 6) is 0.598. The maximum absolute atomic E-state index is 12.3. The van der Waals surface area contributed by atoms with Crippen molar-refractivity contribution in [2.24, 2.45) is 11.7 Å². The lowest BCUT2D eigenvalue weighted by Crippen LogP contribution is -2.47. The molecule has 2 heterocycles. The van der Waals surface area contributed by atoms with Crippen LogP contribution in [0.15, 0.2) is 0 Å². The van der Waals surface area contributed by atoms with E-state index in [1.165, 1.54) is 0 Å². The van der Waals surface area contributed by atoms with E-state index in [0.29, 0.717) is 12.0 Å². The Bertz CT molecular complexity index is 303. The number of amides is 1. The van der Waals surface area contributed by atoms with E-state index in [1.807, 2.05) is 4.90 Å². The molecular weight excluding hydrogens is 242 g/mol. The van der Waals surface area contributed by atoms with Crippen LogP contribution in [0, 0.1) is 5.92 Å². The highest BCUT2D eigenvalue weighted by atomic mass is 16.5. The van der Waals surface area contributed by atoms with Gasteiger partial charge in [0.25, 0.3) is 0 Å². The first kappa shape index (κ1) is 14.8. The second-order valence-corrected chi connectivity index (χ2v) is 6.11. The standard InChI is InChI=1S/C14H27N3O2/c1-11(2)9-13(15)14(18)17-4-3-12(10-17)16-5-7-19-8-6-16/h11-13H,3-10,15H2,1-2H3. The highest BCUT2D eigenvalue weighted by Crippen LogP contribution is 2.18. The van der Waals surface area contributed by atoms with Crippen molar-refractivity contribution in [2.75, 3.05) is 39.4 Å². The van der Waals surface area contributed by atoms with E-state index in [-0.39, 0.29) is 11.9 Å². The van der Waals surface area contributed by atoms with Crippen LogP contribution >= 0.6 is 0 Å². The Balaban J connectivity index is 1.81. The van der Waals surface area contributed by atoms with Gasteiger partial charge in [-0.15, -0.1) is 0 Å². The van der Waals surface area contributed by atoms with Crippen LogP contribution in [0.1, 0.15) is 26.7 Å². The average molecular weight is 269 g/mol. The largest absolute Gasteiger partial charge is 0.379 e. The summed E-state index contributed by atoms with van der Waals surface area (Å²) < 4.78 is 5.37. The molecule has 2 unspecified atom stereocenters. The molecule has 0 aromatic carbocycles. The predicted molar refractivity (Wildman–Crippen MR) is 74.8 cm³/mol. The molecule has 1 amide bonds. The Kier molecular flexibility index (Phi) is 5.19. The second kappa shape index (κ2) is 6.68. The van der Waals surface area contributed by atoms with Crippen LogP contribution in [-0.4, -0.2) is 67.2 Å². The second-order valence-electron chi connectivity index (χ2n) is 6.11. The molecule has 5 nitrogen and oxygen atoms in total. The van der Waals surface area contributed by atoms with Gasteiger partial charge in [-0.2, -0.15) is 0 Å². The molecule has 2 fully saturated rings. The summed E-state index contributed by atoms with van der Waals surface area (Å²) in [6.07, 6.45) is 1.84. The van der Waals surface area contributed by atoms with Gasteiger partial charge in [-0.05, 0) is 18.8 Å². The van der Waals surface area contributed by atoms with Crippen molar-refractivity contribution in [3.05, 3.63) is 0 Å². The number of carbonyl (C=O) groups excluding carboxylic acids is 1. The Morgan fingerprint density at radius 3 is 2.63 bits per heavy atom. The summed E-state index contributed by atoms with van der Waals surface area (Å²) in [5, 5.41) is 0. The minimum absolute atomic E-state index is 0.129. The van der Waals surface area contributed by atoms with Crippen molar-refractivity contribution in [2.45, 2.75) is 38.8 Å². The SMILES string of the molecule is CC(C)CC(N)C(=O)N1CCC(N2CCOCC2)C1. The average Bonchev–Trinajstić information content (AvgIpc) is 2.87. The Hall–Kier alpha value is -0.650. The van der Waals surface area contributed by atoms with Gasteiger partial charge in [0.05, 0.1) is 19.3 Å². The number of ether oxygens (including phenoxy) is 1. The Morgan fingerprint density at radius 2 is 2.00 bits per heavy atom. The topological polar surface area (TPSA) is 58.8 Å². The number of carbonyl (C=O) groups is 1. The summed E-state index contributed by atoms with van der Waals surface area (Å²) in [5.41, 5.74) is 6.00. The van der Waals surface area contributed by atoms with E-state index >= 15 is 0 Å². The number of morpholine rings is 1. The highest BCUT2D eigenvalue weighted by Gasteiger charge is 2.32. The van der Waals surface area contributed by atoms with E-state index in [1.54, 1.807) is 0 Å². The third-order valence-electron chi connectivity index (χ3n) is 4.08. The normalized spacial score (nSPS) is 26.9. The predicted octanol–water partition coefficient (Wildman–Crippen LogP) is 0.293. The van der Waals surface area contributed by atoms with E-state index in [0.717, 1.165) is 52.2 Å². The molecule has 0 aliphatic carbocycles. The lowest BCUT2D eigenvalue weighted by atomic mass is 10.0. The summed E-state index contributed by atoms with van der Waals surface area (Å²) in [6.45, 7) is 9.52. The van der Waals surface area contributed by atoms with Crippen LogP contribution in [0.4, 0.5) is 0 Å². The summed E-state index contributed by atoms with van der Waals surface area (Å²) in [4.78, 5) is 16.7. The summed E-state index contributed by atoms with van der Waals surface area (Å²) in [6, 6.07) is 0.169. The highest BCUT2D eigenvalue weighted by molar-refractivity contribution is 5.81. The number of nitrogens with zero attached hydrogens (tertiary/aromatic N) is 2. The number of hydrogen-bond donors (Lipinski definition) is 1. The number of rotatable bonds is 4. The zero-order chi connectivity index (χ0) is 13.8. The molecule has 0 aromatic rings. The minimum Gasteiger partial charge on any atom is -0.379 e. The maximum atomic E-state index is 12.3. The van der Waals surface area contributed by atoms with Crippen LogP contribution in [0.2, 0.25) is 0 Å². The van der Waals surface area contributed by atoms with Crippen LogP contribution in [0.3, 0.4) is 0 Å². The van der Waals surface area contributed by atoms with Crippen molar-refractivity contribution in [3.63, 3.8) is 0 Å². The first-order valence-corrected chi connectivity index (χ1v) is 7.44. The van der Waals surface area contributed by atoms with E-state index < -0.39 is 0 Å². The number of hydrogen-bond acceptors (Lipinski definition) is 4. The van der Waals surface area contributed by atoms with Crippen LogP contribution in [0.5, 0.6) is 0 Å². The van der Waals surface area contributed by atoms with Crippen LogP contribution < -0.4 is 5.73 Å². The van der Waals surface area contributed by atoms with Gasteiger partial charge < -0.3 is 15.4 Å². The van der Waals surface area contributed by atoms with Crippen LogP contribution in [-0.2, 0) is 9.53 Å². The summed E-state index contributed by atoms with van der Waals surface area (Å²) in [7, 11) is 0. The first-order chi connectivity index (χ1) is 9.08. The van der Waals surface area contributed by atoms with Gasteiger partial charge in [0, 0.05) is 32.2 Å². The molecule has 0 spiro atoms. The van der Waals surface area contributed by atoms with E-state index in [4.69, 9.17) is 10.5 Å². The fourth-order valence-corrected chi connectivity index (χ4v) is 3.03. The molecule has 0 aromatic heterocycles. The van der Waals surface area contributed by atoms with Gasteiger partial charge in [0.2, 0.25) is 5.91 Å². The van der Waals surface area contributed by atoms with Crippen molar-refractivity contribution >= 4 is 5.91 Å². The minimum atomic E-state index is -0.330. The van der Waals surface area contributed by atoms with Crippen molar-refractivity contribution in [3.8, 4) is 0 Å². The smallest absolute Gasteiger partial charge is 0.239 e. The fraction of sp³-hybridized carbons (Fsp3) is 0.929. The molecule has 2 aliphatic rings. The lowest BCUT2D eigenvalue weighted by molar-refractivity contribution is -0.132. The molecular formula is C14H27N3O2. The molecule has 2 saturated heterocycles. The molecule has 0 bridgehead atoms. The third kappa shape index (κ3) is 3.91. The molecule has 2 rings (SSSR count). The molecule has 2 atom stereocenters. The first-order valence-electron chi connectivity index (χ1n) is 7.44. The van der Waals surface area contributed by atoms with Gasteiger partial charge >= 0.3 is 0 Å². The zero-order valence-corrected chi connectivity index (χ0v) is 12.2. The van der Waals surface area contributed by atoms with Gasteiger partial charge in [-0.1, -0.05) is 13.8 Å². The van der Waals surface area contributed by atoms with Crippen LogP contribution in [0.25, 0.3) is 0 Å². The van der Waals surface area contributed by atoms with Gasteiger partial charge in [-0.25, -0.2) is 0 Å². The quantitative estimate of drug-likeness (QED) is 0.797. The molecule has 110 valence electrons. The zero-order valence-electron chi connectivity index (χ0n) is 12.2. The lowest BCUT2D eigenvalue weighted by Gasteiger charge is -2.32. The molecule has 2 N–H and O–H groups in total. The molecule has 2 aliphatic heterocycles. The van der Waals surface area contributed by atoms with Crippen molar-refractivity contribution in [1.29, 1.82) is 0 Å². The molecule has 5 heteroatoms. The van der Waals surface area contributed by atoms with E-state index in [9.17, 15) is 4.79 Å². The van der Waals surface area contributed by atoms with Crippen molar-refractivity contribution < 1.29 is 9.53 Å². The molecule has 19 heavy (non-hydrogen) atoms. The van der Waals surface area contributed by atoms with Gasteiger partial charge in [-0.3, -0.25) is 9.69 Å². The van der Waals surface area contributed by atoms with Gasteiger partial charge in [0.1, 0.15) is 0 Å². The number of likely N-dealkylation sites (tertiary alicyclic amines) is 1. The monoisotopic (exact) mass is 269 g/mol. The van der Waals surface area contributed by atoms with Gasteiger partial charge in [0.15, 0.2) is 0 Å². The fourth-order valence-electron chi connectivity index (χ4n) is 3.03. The van der Waals surface area contributed by atoms with E-state index in [2.05, 4.69) is 18.7 Å². The molecule has 0 saturated carbocycles. The Labute approximate surface area is 116 Å². The summed E-state index contributed by atoms with van der Waals surface area (Å²) >= 11 is 0. The Morgan fingerprint density at radius 1 is 1.32 bits per heavy atom. The maximum Gasteiger partial charge on any atom is 0.239 e. The molecule has 0 radical (unpaired) electrons. The van der Waals surface area contributed by atoms with Crippen molar-refractivity contribution in [1.82, 2.24) is 9.80 Å². The third-order valence-corrected chi connectivity index (χ3v) is 4.08.